The normalized spacial score (nSPS) is 10.3. The third-order valence-electron chi connectivity index (χ3n) is 4.22. The molecular weight excluding hydrogens is 340 g/mol. The van der Waals surface area contributed by atoms with Crippen LogP contribution in [0.2, 0.25) is 0 Å². The number of ketones is 1. The van der Waals surface area contributed by atoms with Crippen molar-refractivity contribution in [1.82, 2.24) is 4.90 Å². The number of nitrogens with one attached hydrogen (secondary N) is 1. The van der Waals surface area contributed by atoms with E-state index in [9.17, 15) is 14.4 Å². The predicted octanol–water partition coefficient (Wildman–Crippen LogP) is 4.40. The van der Waals surface area contributed by atoms with Crippen molar-refractivity contribution >= 4 is 23.3 Å². The molecule has 2 amide bonds. The lowest BCUT2D eigenvalue weighted by molar-refractivity contribution is 0.0755. The van der Waals surface area contributed by atoms with Gasteiger partial charge in [-0.3, -0.25) is 14.4 Å². The third-order valence-corrected chi connectivity index (χ3v) is 4.22. The standard InChI is InChI=1S/C22H26N2O3/c1-4-14-24(15-5-2)22(27)19-8-6-18(7-9-19)21(26)23-20-12-10-17(11-13-20)16(3)25/h6-13H,4-5,14-15H2,1-3H3,(H,23,26). The van der Waals surface area contributed by atoms with Gasteiger partial charge in [0.15, 0.2) is 5.78 Å². The Labute approximate surface area is 160 Å². The van der Waals surface area contributed by atoms with Crippen LogP contribution in [0.3, 0.4) is 0 Å². The van der Waals surface area contributed by atoms with Gasteiger partial charge in [-0.05, 0) is 68.3 Å². The van der Waals surface area contributed by atoms with Crippen LogP contribution in [-0.4, -0.2) is 35.6 Å². The molecule has 0 heterocycles. The van der Waals surface area contributed by atoms with Crippen LogP contribution in [0, 0.1) is 0 Å². The highest BCUT2D eigenvalue weighted by atomic mass is 16.2. The van der Waals surface area contributed by atoms with Crippen LogP contribution in [0.15, 0.2) is 48.5 Å². The minimum atomic E-state index is -0.261. The number of hydrogen-bond donors (Lipinski definition) is 1. The van der Waals surface area contributed by atoms with E-state index >= 15 is 0 Å². The van der Waals surface area contributed by atoms with Crippen molar-refractivity contribution in [3.8, 4) is 0 Å². The quantitative estimate of drug-likeness (QED) is 0.704. The van der Waals surface area contributed by atoms with Crippen LogP contribution in [0.1, 0.15) is 64.7 Å². The summed E-state index contributed by atoms with van der Waals surface area (Å²) in [7, 11) is 0. The molecule has 0 aliphatic carbocycles. The summed E-state index contributed by atoms with van der Waals surface area (Å²) in [4.78, 5) is 38.1. The van der Waals surface area contributed by atoms with Gasteiger partial charge in [-0.1, -0.05) is 13.8 Å². The van der Waals surface area contributed by atoms with Crippen LogP contribution >= 0.6 is 0 Å². The van der Waals surface area contributed by atoms with Crippen molar-refractivity contribution < 1.29 is 14.4 Å². The molecule has 1 N–H and O–H groups in total. The Morgan fingerprint density at radius 1 is 0.778 bits per heavy atom. The Kier molecular flexibility index (Phi) is 7.29. The lowest BCUT2D eigenvalue weighted by atomic mass is 10.1. The molecule has 0 aromatic heterocycles. The zero-order valence-corrected chi connectivity index (χ0v) is 16.1. The van der Waals surface area contributed by atoms with E-state index in [1.54, 1.807) is 48.5 Å². The number of amides is 2. The van der Waals surface area contributed by atoms with Gasteiger partial charge >= 0.3 is 0 Å². The van der Waals surface area contributed by atoms with Crippen LogP contribution in [0.4, 0.5) is 5.69 Å². The summed E-state index contributed by atoms with van der Waals surface area (Å²) in [5.41, 5.74) is 2.26. The maximum Gasteiger partial charge on any atom is 0.255 e. The number of nitrogens with zero attached hydrogens (tertiary/aromatic N) is 1. The molecular formula is C22H26N2O3. The van der Waals surface area contributed by atoms with E-state index in [0.717, 1.165) is 25.9 Å². The summed E-state index contributed by atoms with van der Waals surface area (Å²) in [5, 5.41) is 2.79. The number of rotatable bonds is 8. The first-order chi connectivity index (χ1) is 13.0. The van der Waals surface area contributed by atoms with Crippen LogP contribution < -0.4 is 5.32 Å². The summed E-state index contributed by atoms with van der Waals surface area (Å²) in [6, 6.07) is 13.4. The number of anilines is 1. The average molecular weight is 366 g/mol. The first-order valence-corrected chi connectivity index (χ1v) is 9.28. The Bertz CT molecular complexity index is 789. The van der Waals surface area contributed by atoms with Crippen molar-refractivity contribution in [3.63, 3.8) is 0 Å². The minimum Gasteiger partial charge on any atom is -0.339 e. The van der Waals surface area contributed by atoms with Gasteiger partial charge in [0.1, 0.15) is 0 Å². The van der Waals surface area contributed by atoms with E-state index in [4.69, 9.17) is 0 Å². The van der Waals surface area contributed by atoms with E-state index in [1.165, 1.54) is 6.92 Å². The molecule has 0 spiro atoms. The van der Waals surface area contributed by atoms with Gasteiger partial charge in [-0.2, -0.15) is 0 Å². The third kappa shape index (κ3) is 5.51. The maximum atomic E-state index is 12.6. The van der Waals surface area contributed by atoms with Crippen LogP contribution in [0.25, 0.3) is 0 Å². The second-order valence-corrected chi connectivity index (χ2v) is 6.46. The summed E-state index contributed by atoms with van der Waals surface area (Å²) < 4.78 is 0. The molecule has 0 bridgehead atoms. The van der Waals surface area contributed by atoms with Crippen molar-refractivity contribution in [3.05, 3.63) is 65.2 Å². The number of carbonyl (C=O) groups is 3. The largest absolute Gasteiger partial charge is 0.339 e. The number of benzene rings is 2. The highest BCUT2D eigenvalue weighted by Gasteiger charge is 2.15. The molecule has 2 aromatic carbocycles. The first-order valence-electron chi connectivity index (χ1n) is 9.28. The van der Waals surface area contributed by atoms with Crippen molar-refractivity contribution in [2.24, 2.45) is 0 Å². The molecule has 0 fully saturated rings. The van der Waals surface area contributed by atoms with Crippen molar-refractivity contribution in [1.29, 1.82) is 0 Å². The number of hydrogen-bond acceptors (Lipinski definition) is 3. The molecule has 0 saturated heterocycles. The zero-order chi connectivity index (χ0) is 19.8. The molecule has 0 radical (unpaired) electrons. The fraction of sp³-hybridized carbons (Fsp3) is 0.318. The molecule has 0 atom stereocenters. The number of carbonyl (C=O) groups excluding carboxylic acids is 3. The van der Waals surface area contributed by atoms with Gasteiger partial charge in [-0.15, -0.1) is 0 Å². The molecule has 0 saturated carbocycles. The Morgan fingerprint density at radius 2 is 1.26 bits per heavy atom. The van der Waals surface area contributed by atoms with Crippen molar-refractivity contribution in [2.45, 2.75) is 33.6 Å². The molecule has 2 rings (SSSR count). The van der Waals surface area contributed by atoms with E-state index in [2.05, 4.69) is 5.32 Å². The second-order valence-electron chi connectivity index (χ2n) is 6.46. The highest BCUT2D eigenvalue weighted by molar-refractivity contribution is 6.05. The van der Waals surface area contributed by atoms with E-state index < -0.39 is 0 Å². The van der Waals surface area contributed by atoms with Gasteiger partial charge in [0.2, 0.25) is 0 Å². The molecule has 5 nitrogen and oxygen atoms in total. The molecule has 0 unspecified atom stereocenters. The minimum absolute atomic E-state index is 0.00882. The Morgan fingerprint density at radius 3 is 1.74 bits per heavy atom. The SMILES string of the molecule is CCCN(CCC)C(=O)c1ccc(C(=O)Nc2ccc(C(C)=O)cc2)cc1. The van der Waals surface area contributed by atoms with E-state index in [0.29, 0.717) is 22.4 Å². The molecule has 27 heavy (non-hydrogen) atoms. The molecule has 0 aliphatic heterocycles. The average Bonchev–Trinajstić information content (AvgIpc) is 2.67. The van der Waals surface area contributed by atoms with Gasteiger partial charge in [-0.25, -0.2) is 0 Å². The first kappa shape index (κ1) is 20.4. The predicted molar refractivity (Wildman–Crippen MR) is 107 cm³/mol. The summed E-state index contributed by atoms with van der Waals surface area (Å²) in [5.74, 6) is -0.289. The fourth-order valence-electron chi connectivity index (χ4n) is 2.79. The lowest BCUT2D eigenvalue weighted by Crippen LogP contribution is -2.32. The van der Waals surface area contributed by atoms with Gasteiger partial charge < -0.3 is 10.2 Å². The topological polar surface area (TPSA) is 66.5 Å². The Hall–Kier alpha value is -2.95. The fourth-order valence-corrected chi connectivity index (χ4v) is 2.79. The van der Waals surface area contributed by atoms with Crippen LogP contribution in [0.5, 0.6) is 0 Å². The second kappa shape index (κ2) is 9.67. The summed E-state index contributed by atoms with van der Waals surface area (Å²) in [6.45, 7) is 7.05. The van der Waals surface area contributed by atoms with Crippen molar-refractivity contribution in [2.75, 3.05) is 18.4 Å². The maximum absolute atomic E-state index is 12.6. The summed E-state index contributed by atoms with van der Waals surface area (Å²) >= 11 is 0. The monoisotopic (exact) mass is 366 g/mol. The Balaban J connectivity index is 2.06. The van der Waals surface area contributed by atoms with E-state index in [1.807, 2.05) is 18.7 Å². The van der Waals surface area contributed by atoms with Crippen LogP contribution in [-0.2, 0) is 0 Å². The van der Waals surface area contributed by atoms with Gasteiger partial charge in [0, 0.05) is 35.5 Å². The zero-order valence-electron chi connectivity index (χ0n) is 16.1. The summed E-state index contributed by atoms with van der Waals surface area (Å²) in [6.07, 6.45) is 1.82. The van der Waals surface area contributed by atoms with Gasteiger partial charge in [0.25, 0.3) is 11.8 Å². The molecule has 2 aromatic rings. The molecule has 142 valence electrons. The molecule has 5 heteroatoms. The molecule has 0 aliphatic rings. The number of Topliss-reactive ketones (excluding diaryl/α,β-unsaturated/α-hetero) is 1. The lowest BCUT2D eigenvalue weighted by Gasteiger charge is -2.21. The van der Waals surface area contributed by atoms with E-state index in [-0.39, 0.29) is 17.6 Å². The smallest absolute Gasteiger partial charge is 0.255 e. The van der Waals surface area contributed by atoms with Gasteiger partial charge in [0.05, 0.1) is 0 Å². The highest BCUT2D eigenvalue weighted by Crippen LogP contribution is 2.14.